The van der Waals surface area contributed by atoms with Crippen molar-refractivity contribution in [3.05, 3.63) is 0 Å². The standard InChI is InChI=1S/C23H43N3O3/c1-23(2)17-29-13-5-6-19-15-26(20-8-10-24(3)11-9-20)12-7-18(19)14-22(28)25(4)16-21(23)27/h18-21,27H,5-17H2,1-4H3/t18-,19-,21-/m0/s1. The molecule has 0 aliphatic carbocycles. The summed E-state index contributed by atoms with van der Waals surface area (Å²) in [5, 5.41) is 10.6. The Labute approximate surface area is 177 Å². The van der Waals surface area contributed by atoms with Gasteiger partial charge < -0.3 is 19.6 Å². The fourth-order valence-electron chi connectivity index (χ4n) is 5.26. The second-order valence-corrected chi connectivity index (χ2v) is 10.5. The molecule has 168 valence electrons. The summed E-state index contributed by atoms with van der Waals surface area (Å²) in [6, 6.07) is 0.710. The molecule has 3 aliphatic rings. The summed E-state index contributed by atoms with van der Waals surface area (Å²) in [4.78, 5) is 19.8. The molecule has 3 fully saturated rings. The van der Waals surface area contributed by atoms with Crippen LogP contribution in [-0.2, 0) is 9.53 Å². The molecule has 3 aliphatic heterocycles. The van der Waals surface area contributed by atoms with Crippen LogP contribution in [0.3, 0.4) is 0 Å². The number of carbonyl (C=O) groups is 1. The third-order valence-corrected chi connectivity index (χ3v) is 7.68. The van der Waals surface area contributed by atoms with Gasteiger partial charge in [0.15, 0.2) is 0 Å². The molecule has 3 atom stereocenters. The lowest BCUT2D eigenvalue weighted by atomic mass is 9.79. The molecule has 0 aromatic rings. The number of carbonyl (C=O) groups excluding carboxylic acids is 1. The zero-order valence-corrected chi connectivity index (χ0v) is 19.1. The summed E-state index contributed by atoms with van der Waals surface area (Å²) in [7, 11) is 4.06. The average molecular weight is 410 g/mol. The van der Waals surface area contributed by atoms with Crippen LogP contribution in [0.2, 0.25) is 0 Å². The Morgan fingerprint density at radius 2 is 1.72 bits per heavy atom. The fraction of sp³-hybridized carbons (Fsp3) is 0.957. The molecule has 6 heteroatoms. The first-order valence-corrected chi connectivity index (χ1v) is 11.7. The van der Waals surface area contributed by atoms with Crippen molar-refractivity contribution in [3.8, 4) is 0 Å². The molecular weight excluding hydrogens is 366 g/mol. The normalized spacial score (nSPS) is 34.7. The van der Waals surface area contributed by atoms with E-state index in [0.717, 1.165) is 39.0 Å². The van der Waals surface area contributed by atoms with Crippen LogP contribution in [0.1, 0.15) is 52.4 Å². The smallest absolute Gasteiger partial charge is 0.222 e. The third kappa shape index (κ3) is 6.16. The van der Waals surface area contributed by atoms with E-state index in [1.54, 1.807) is 4.90 Å². The molecule has 0 aromatic carbocycles. The van der Waals surface area contributed by atoms with Gasteiger partial charge in [0.25, 0.3) is 0 Å². The maximum absolute atomic E-state index is 12.9. The molecule has 0 saturated carbocycles. The zero-order valence-electron chi connectivity index (χ0n) is 19.1. The highest BCUT2D eigenvalue weighted by atomic mass is 16.5. The first kappa shape index (κ1) is 23.0. The maximum atomic E-state index is 12.9. The van der Waals surface area contributed by atoms with Gasteiger partial charge in [-0.15, -0.1) is 0 Å². The minimum absolute atomic E-state index is 0.183. The summed E-state index contributed by atoms with van der Waals surface area (Å²) < 4.78 is 5.95. The van der Waals surface area contributed by atoms with Crippen LogP contribution in [0, 0.1) is 17.3 Å². The molecule has 3 rings (SSSR count). The highest BCUT2D eigenvalue weighted by Crippen LogP contribution is 2.33. The fourth-order valence-corrected chi connectivity index (χ4v) is 5.26. The number of nitrogens with zero attached hydrogens (tertiary/aromatic N) is 3. The van der Waals surface area contributed by atoms with Crippen LogP contribution in [0.4, 0.5) is 0 Å². The van der Waals surface area contributed by atoms with Gasteiger partial charge in [0.1, 0.15) is 0 Å². The van der Waals surface area contributed by atoms with Gasteiger partial charge in [-0.2, -0.15) is 0 Å². The first-order valence-electron chi connectivity index (χ1n) is 11.7. The molecule has 0 bridgehead atoms. The van der Waals surface area contributed by atoms with E-state index in [2.05, 4.69) is 16.8 Å². The van der Waals surface area contributed by atoms with E-state index in [1.165, 1.54) is 25.9 Å². The first-order chi connectivity index (χ1) is 13.8. The number of aliphatic hydroxyl groups is 1. The Hall–Kier alpha value is -0.690. The summed E-state index contributed by atoms with van der Waals surface area (Å²) in [5.41, 5.74) is -0.347. The number of hydrogen-bond donors (Lipinski definition) is 1. The molecule has 0 radical (unpaired) electrons. The van der Waals surface area contributed by atoms with Gasteiger partial charge >= 0.3 is 0 Å². The van der Waals surface area contributed by atoms with Crippen molar-refractivity contribution < 1.29 is 14.6 Å². The van der Waals surface area contributed by atoms with E-state index >= 15 is 0 Å². The molecule has 3 heterocycles. The van der Waals surface area contributed by atoms with Crippen LogP contribution in [0.15, 0.2) is 0 Å². The summed E-state index contributed by atoms with van der Waals surface area (Å²) in [6.45, 7) is 10.4. The Morgan fingerprint density at radius 1 is 1.00 bits per heavy atom. The molecule has 0 spiro atoms. The second-order valence-electron chi connectivity index (χ2n) is 10.5. The Balaban J connectivity index is 1.64. The molecule has 6 nitrogen and oxygen atoms in total. The monoisotopic (exact) mass is 409 g/mol. The number of fused-ring (bicyclic) bond motifs is 1. The van der Waals surface area contributed by atoms with Gasteiger partial charge in [0.05, 0.1) is 12.7 Å². The van der Waals surface area contributed by atoms with E-state index in [1.807, 2.05) is 20.9 Å². The minimum atomic E-state index is -0.570. The maximum Gasteiger partial charge on any atom is 0.222 e. The van der Waals surface area contributed by atoms with E-state index in [-0.39, 0.29) is 11.3 Å². The lowest BCUT2D eigenvalue weighted by Crippen LogP contribution is -2.50. The Kier molecular flexibility index (Phi) is 7.99. The predicted octanol–water partition coefficient (Wildman–Crippen LogP) is 2.06. The number of rotatable bonds is 1. The number of aliphatic hydroxyl groups excluding tert-OH is 1. The van der Waals surface area contributed by atoms with Gasteiger partial charge in [-0.3, -0.25) is 9.69 Å². The van der Waals surface area contributed by atoms with Crippen LogP contribution in [0.5, 0.6) is 0 Å². The van der Waals surface area contributed by atoms with Crippen molar-refractivity contribution >= 4 is 5.91 Å². The molecular formula is C23H43N3O3. The molecule has 1 amide bonds. The third-order valence-electron chi connectivity index (χ3n) is 7.68. The quantitative estimate of drug-likeness (QED) is 0.719. The zero-order chi connectivity index (χ0) is 21.0. The SMILES string of the molecule is CN1CCC(N2CC[C@H]3CC(=O)N(C)C[C@H](O)C(C)(C)COCCC[C@H]3C2)CC1. The number of ether oxygens (including phenoxy) is 1. The van der Waals surface area contributed by atoms with Crippen molar-refractivity contribution in [2.75, 3.05) is 60.0 Å². The highest BCUT2D eigenvalue weighted by molar-refractivity contribution is 5.76. The molecule has 1 N–H and O–H groups in total. The summed E-state index contributed by atoms with van der Waals surface area (Å²) in [6.07, 6.45) is 5.88. The van der Waals surface area contributed by atoms with E-state index < -0.39 is 6.10 Å². The Bertz CT molecular complexity index is 533. The van der Waals surface area contributed by atoms with Crippen LogP contribution >= 0.6 is 0 Å². The lowest BCUT2D eigenvalue weighted by Gasteiger charge is -2.45. The van der Waals surface area contributed by atoms with Crippen molar-refractivity contribution in [2.24, 2.45) is 17.3 Å². The van der Waals surface area contributed by atoms with Crippen molar-refractivity contribution in [2.45, 2.75) is 64.5 Å². The highest BCUT2D eigenvalue weighted by Gasteiger charge is 2.36. The molecule has 29 heavy (non-hydrogen) atoms. The minimum Gasteiger partial charge on any atom is -0.391 e. The number of hydrogen-bond acceptors (Lipinski definition) is 5. The predicted molar refractivity (Wildman–Crippen MR) is 116 cm³/mol. The topological polar surface area (TPSA) is 56.2 Å². The van der Waals surface area contributed by atoms with Gasteiger partial charge in [0.2, 0.25) is 5.91 Å². The molecule has 0 aromatic heterocycles. The van der Waals surface area contributed by atoms with Crippen molar-refractivity contribution in [1.82, 2.24) is 14.7 Å². The number of likely N-dealkylation sites (tertiary alicyclic amines) is 2. The number of likely N-dealkylation sites (N-methyl/N-ethyl adjacent to an activating group) is 1. The summed E-state index contributed by atoms with van der Waals surface area (Å²) in [5.74, 6) is 1.21. The van der Waals surface area contributed by atoms with Gasteiger partial charge in [0, 0.05) is 44.6 Å². The lowest BCUT2D eigenvalue weighted by molar-refractivity contribution is -0.134. The van der Waals surface area contributed by atoms with Gasteiger partial charge in [-0.25, -0.2) is 0 Å². The van der Waals surface area contributed by atoms with Crippen molar-refractivity contribution in [3.63, 3.8) is 0 Å². The largest absolute Gasteiger partial charge is 0.391 e. The van der Waals surface area contributed by atoms with Crippen molar-refractivity contribution in [1.29, 1.82) is 0 Å². The molecule has 3 saturated heterocycles. The van der Waals surface area contributed by atoms with Gasteiger partial charge in [-0.05, 0) is 70.6 Å². The Morgan fingerprint density at radius 3 is 2.45 bits per heavy atom. The van der Waals surface area contributed by atoms with Crippen LogP contribution in [-0.4, -0.2) is 97.9 Å². The number of amides is 1. The molecule has 0 unspecified atom stereocenters. The van der Waals surface area contributed by atoms with Crippen LogP contribution in [0.25, 0.3) is 0 Å². The summed E-state index contributed by atoms with van der Waals surface area (Å²) >= 11 is 0. The second kappa shape index (κ2) is 10.1. The van der Waals surface area contributed by atoms with E-state index in [0.29, 0.717) is 37.5 Å². The van der Waals surface area contributed by atoms with E-state index in [9.17, 15) is 9.90 Å². The van der Waals surface area contributed by atoms with E-state index in [4.69, 9.17) is 4.74 Å². The van der Waals surface area contributed by atoms with Gasteiger partial charge in [-0.1, -0.05) is 13.8 Å². The van der Waals surface area contributed by atoms with Crippen LogP contribution < -0.4 is 0 Å². The number of piperidine rings is 2. The average Bonchev–Trinajstić information content (AvgIpc) is 2.69. The number of β-amino-alcohol motifs (C(OH)–C–C–N with tert-alkyl or cyclic N) is 1.